The molecule has 0 bridgehead atoms. The lowest BCUT2D eigenvalue weighted by molar-refractivity contribution is -0.119. The molecule has 0 aromatic heterocycles. The molecule has 0 fully saturated rings. The summed E-state index contributed by atoms with van der Waals surface area (Å²) in [5.74, 6) is -0.203. The van der Waals surface area contributed by atoms with Gasteiger partial charge in [-0.2, -0.15) is 0 Å². The molecular weight excluding hydrogens is 428 g/mol. The normalized spacial score (nSPS) is 13.3. The topological polar surface area (TPSA) is 55.1 Å². The maximum atomic E-state index is 12.1. The van der Waals surface area contributed by atoms with Gasteiger partial charge in [0.25, 0.3) is 0 Å². The first-order valence-electron chi connectivity index (χ1n) is 5.34. The van der Waals surface area contributed by atoms with E-state index in [1.807, 2.05) is 32.9 Å². The van der Waals surface area contributed by atoms with E-state index in [-0.39, 0.29) is 11.3 Å². The standard InChI is InChI=1S/C12H15Br3N2O/c1-12(2,3)10(16)11(18)17-9-7(14)4-6(13)5-8(9)15/h4-5,10H,16H2,1-3H3,(H,17,18)/t10-/m0/s1. The summed E-state index contributed by atoms with van der Waals surface area (Å²) < 4.78 is 2.50. The lowest BCUT2D eigenvalue weighted by atomic mass is 9.87. The Balaban J connectivity index is 2.96. The zero-order valence-corrected chi connectivity index (χ0v) is 15.1. The molecule has 0 aliphatic heterocycles. The summed E-state index contributed by atoms with van der Waals surface area (Å²) >= 11 is 10.2. The summed E-state index contributed by atoms with van der Waals surface area (Å²) in [6.45, 7) is 5.80. The Hall–Kier alpha value is 0.0900. The quantitative estimate of drug-likeness (QED) is 0.718. The number of hydrogen-bond donors (Lipinski definition) is 2. The van der Waals surface area contributed by atoms with Gasteiger partial charge in [0.2, 0.25) is 5.91 Å². The van der Waals surface area contributed by atoms with E-state index in [0.717, 1.165) is 13.4 Å². The van der Waals surface area contributed by atoms with E-state index >= 15 is 0 Å². The second-order valence-electron chi connectivity index (χ2n) is 5.08. The van der Waals surface area contributed by atoms with Crippen LogP contribution in [-0.2, 0) is 4.79 Å². The molecule has 3 N–H and O–H groups in total. The van der Waals surface area contributed by atoms with Crippen molar-refractivity contribution >= 4 is 59.4 Å². The minimum Gasteiger partial charge on any atom is -0.323 e. The van der Waals surface area contributed by atoms with Crippen molar-refractivity contribution in [2.75, 3.05) is 5.32 Å². The summed E-state index contributed by atoms with van der Waals surface area (Å²) in [6, 6.07) is 3.16. The van der Waals surface area contributed by atoms with Crippen LogP contribution in [0.4, 0.5) is 5.69 Å². The van der Waals surface area contributed by atoms with Crippen molar-refractivity contribution in [1.29, 1.82) is 0 Å². The van der Waals surface area contributed by atoms with Gasteiger partial charge < -0.3 is 11.1 Å². The lowest BCUT2D eigenvalue weighted by Crippen LogP contribution is -2.45. The Morgan fingerprint density at radius 3 is 2.06 bits per heavy atom. The van der Waals surface area contributed by atoms with Crippen LogP contribution < -0.4 is 11.1 Å². The number of carbonyl (C=O) groups excluding carboxylic acids is 1. The summed E-state index contributed by atoms with van der Waals surface area (Å²) in [6.07, 6.45) is 0. The highest BCUT2D eigenvalue weighted by Crippen LogP contribution is 2.34. The van der Waals surface area contributed by atoms with Crippen molar-refractivity contribution in [2.24, 2.45) is 11.1 Å². The lowest BCUT2D eigenvalue weighted by Gasteiger charge is -2.26. The number of amides is 1. The molecule has 0 saturated carbocycles. The smallest absolute Gasteiger partial charge is 0.241 e. The Kier molecular flexibility index (Phi) is 5.41. The Morgan fingerprint density at radius 1 is 1.22 bits per heavy atom. The molecule has 0 radical (unpaired) electrons. The first kappa shape index (κ1) is 16.1. The molecule has 6 heteroatoms. The van der Waals surface area contributed by atoms with E-state index in [0.29, 0.717) is 5.69 Å². The molecule has 1 rings (SSSR count). The minimum atomic E-state index is -0.569. The van der Waals surface area contributed by atoms with Gasteiger partial charge in [-0.3, -0.25) is 4.79 Å². The van der Waals surface area contributed by atoms with Crippen LogP contribution in [0.2, 0.25) is 0 Å². The average Bonchev–Trinajstić information content (AvgIpc) is 2.20. The van der Waals surface area contributed by atoms with Crippen LogP contribution in [0.1, 0.15) is 20.8 Å². The zero-order chi connectivity index (χ0) is 14.1. The highest BCUT2D eigenvalue weighted by molar-refractivity contribution is 9.11. The molecule has 0 heterocycles. The number of nitrogens with one attached hydrogen (secondary N) is 1. The van der Waals surface area contributed by atoms with Crippen LogP contribution in [-0.4, -0.2) is 11.9 Å². The first-order valence-corrected chi connectivity index (χ1v) is 7.72. The van der Waals surface area contributed by atoms with Gasteiger partial charge in [-0.1, -0.05) is 36.7 Å². The third kappa shape index (κ3) is 4.05. The molecule has 1 aromatic carbocycles. The summed E-state index contributed by atoms with van der Waals surface area (Å²) in [7, 11) is 0. The number of hydrogen-bond acceptors (Lipinski definition) is 2. The number of nitrogens with two attached hydrogens (primary N) is 1. The fourth-order valence-electron chi connectivity index (χ4n) is 1.26. The highest BCUT2D eigenvalue weighted by Gasteiger charge is 2.28. The Bertz CT molecular complexity index is 446. The van der Waals surface area contributed by atoms with Gasteiger partial charge in [-0.05, 0) is 49.4 Å². The number of anilines is 1. The van der Waals surface area contributed by atoms with E-state index < -0.39 is 6.04 Å². The molecule has 100 valence electrons. The second-order valence-corrected chi connectivity index (χ2v) is 7.70. The summed E-state index contributed by atoms with van der Waals surface area (Å²) in [4.78, 5) is 12.1. The van der Waals surface area contributed by atoms with Crippen molar-refractivity contribution in [1.82, 2.24) is 0 Å². The van der Waals surface area contributed by atoms with Gasteiger partial charge in [0.15, 0.2) is 0 Å². The van der Waals surface area contributed by atoms with Crippen LogP contribution in [0.5, 0.6) is 0 Å². The van der Waals surface area contributed by atoms with E-state index in [2.05, 4.69) is 53.1 Å². The van der Waals surface area contributed by atoms with Crippen LogP contribution >= 0.6 is 47.8 Å². The van der Waals surface area contributed by atoms with Gasteiger partial charge in [0.05, 0.1) is 11.7 Å². The molecule has 0 spiro atoms. The van der Waals surface area contributed by atoms with Crippen molar-refractivity contribution in [3.8, 4) is 0 Å². The van der Waals surface area contributed by atoms with E-state index in [9.17, 15) is 4.79 Å². The highest BCUT2D eigenvalue weighted by atomic mass is 79.9. The van der Waals surface area contributed by atoms with Crippen LogP contribution in [0.25, 0.3) is 0 Å². The monoisotopic (exact) mass is 440 g/mol. The Labute approximate surface area is 132 Å². The number of carbonyl (C=O) groups is 1. The van der Waals surface area contributed by atoms with Crippen LogP contribution in [0.3, 0.4) is 0 Å². The van der Waals surface area contributed by atoms with Gasteiger partial charge in [-0.25, -0.2) is 0 Å². The molecule has 0 aliphatic carbocycles. The third-order valence-electron chi connectivity index (χ3n) is 2.47. The average molecular weight is 443 g/mol. The van der Waals surface area contributed by atoms with Crippen molar-refractivity contribution in [2.45, 2.75) is 26.8 Å². The van der Waals surface area contributed by atoms with Crippen molar-refractivity contribution in [3.63, 3.8) is 0 Å². The van der Waals surface area contributed by atoms with Crippen molar-refractivity contribution < 1.29 is 4.79 Å². The minimum absolute atomic E-state index is 0.203. The maximum absolute atomic E-state index is 12.1. The van der Waals surface area contributed by atoms with Crippen LogP contribution in [0, 0.1) is 5.41 Å². The third-order valence-corrected chi connectivity index (χ3v) is 4.18. The SMILES string of the molecule is CC(C)(C)[C@@H](N)C(=O)Nc1c(Br)cc(Br)cc1Br. The molecule has 0 unspecified atom stereocenters. The molecule has 0 saturated heterocycles. The number of rotatable bonds is 2. The molecule has 1 amide bonds. The largest absolute Gasteiger partial charge is 0.323 e. The predicted octanol–water partition coefficient (Wildman–Crippen LogP) is 4.29. The summed E-state index contributed by atoms with van der Waals surface area (Å²) in [5, 5.41) is 2.83. The number of benzene rings is 1. The summed E-state index contributed by atoms with van der Waals surface area (Å²) in [5.41, 5.74) is 6.32. The van der Waals surface area contributed by atoms with Gasteiger partial charge in [0, 0.05) is 13.4 Å². The fourth-order valence-corrected chi connectivity index (χ4v) is 3.71. The molecule has 18 heavy (non-hydrogen) atoms. The van der Waals surface area contributed by atoms with Gasteiger partial charge in [-0.15, -0.1) is 0 Å². The molecule has 1 aromatic rings. The molecular formula is C12H15Br3N2O. The van der Waals surface area contributed by atoms with Gasteiger partial charge >= 0.3 is 0 Å². The van der Waals surface area contributed by atoms with Crippen LogP contribution in [0.15, 0.2) is 25.6 Å². The predicted molar refractivity (Wildman–Crippen MR) is 85.6 cm³/mol. The first-order chi connectivity index (χ1) is 8.12. The van der Waals surface area contributed by atoms with E-state index in [1.165, 1.54) is 0 Å². The Morgan fingerprint density at radius 2 is 1.67 bits per heavy atom. The van der Waals surface area contributed by atoms with E-state index in [4.69, 9.17) is 5.73 Å². The zero-order valence-electron chi connectivity index (χ0n) is 10.4. The molecule has 1 atom stereocenters. The van der Waals surface area contributed by atoms with Gasteiger partial charge in [0.1, 0.15) is 0 Å². The van der Waals surface area contributed by atoms with Crippen molar-refractivity contribution in [3.05, 3.63) is 25.6 Å². The molecule has 3 nitrogen and oxygen atoms in total. The molecule has 0 aliphatic rings. The fraction of sp³-hybridized carbons (Fsp3) is 0.417. The number of halogens is 3. The maximum Gasteiger partial charge on any atom is 0.241 e. The second kappa shape index (κ2) is 6.03. The van der Waals surface area contributed by atoms with E-state index in [1.54, 1.807) is 0 Å².